The summed E-state index contributed by atoms with van der Waals surface area (Å²) < 4.78 is 5.13. The van der Waals surface area contributed by atoms with Gasteiger partial charge in [0, 0.05) is 34.5 Å². The fourth-order valence-electron chi connectivity index (χ4n) is 2.83. The van der Waals surface area contributed by atoms with Gasteiger partial charge in [0.05, 0.1) is 0 Å². The van der Waals surface area contributed by atoms with Gasteiger partial charge in [-0.2, -0.15) is 0 Å². The molecular weight excluding hydrogens is 340 g/mol. The summed E-state index contributed by atoms with van der Waals surface area (Å²) in [6.45, 7) is 1.42. The summed E-state index contributed by atoms with van der Waals surface area (Å²) in [6, 6.07) is 29.2. The first-order chi connectivity index (χ1) is 12.7. The van der Waals surface area contributed by atoms with E-state index < -0.39 is 0 Å². The molecular formula is C23H23O2S+. The summed E-state index contributed by atoms with van der Waals surface area (Å²) in [6.07, 6.45) is 0. The average molecular weight is 364 g/mol. The molecule has 2 nitrogen and oxygen atoms in total. The fraction of sp³-hybridized carbons (Fsp3) is 0.174. The van der Waals surface area contributed by atoms with Crippen molar-refractivity contribution in [1.82, 2.24) is 0 Å². The Balaban J connectivity index is 1.73. The maximum atomic E-state index is 11.1. The lowest BCUT2D eigenvalue weighted by atomic mass is 10.2. The lowest BCUT2D eigenvalue weighted by Gasteiger charge is -2.10. The van der Waals surface area contributed by atoms with Crippen LogP contribution in [0.3, 0.4) is 0 Å². The molecule has 3 rings (SSSR count). The lowest BCUT2D eigenvalue weighted by Crippen LogP contribution is -2.12. The van der Waals surface area contributed by atoms with Crippen molar-refractivity contribution in [1.29, 1.82) is 0 Å². The molecule has 0 heterocycles. The number of ether oxygens (including phenoxy) is 1. The molecule has 3 heteroatoms. The van der Waals surface area contributed by atoms with E-state index in [1.807, 2.05) is 12.1 Å². The molecule has 0 aliphatic carbocycles. The van der Waals surface area contributed by atoms with Crippen LogP contribution < -0.4 is 4.74 Å². The second-order valence-electron chi connectivity index (χ2n) is 6.25. The van der Waals surface area contributed by atoms with E-state index in [-0.39, 0.29) is 16.9 Å². The third-order valence-electron chi connectivity index (χ3n) is 3.98. The zero-order chi connectivity index (χ0) is 18.2. The van der Waals surface area contributed by atoms with Crippen LogP contribution in [0.5, 0.6) is 5.75 Å². The number of benzene rings is 3. The topological polar surface area (TPSA) is 26.3 Å². The van der Waals surface area contributed by atoms with Gasteiger partial charge >= 0.3 is 5.97 Å². The maximum Gasteiger partial charge on any atom is 0.308 e. The van der Waals surface area contributed by atoms with Crippen molar-refractivity contribution < 1.29 is 9.53 Å². The second kappa shape index (κ2) is 9.25. The Morgan fingerprint density at radius 1 is 0.692 bits per heavy atom. The normalized spacial score (nSPS) is 10.7. The molecule has 0 amide bonds. The van der Waals surface area contributed by atoms with E-state index in [1.54, 1.807) is 0 Å². The number of hydrogen-bond donors (Lipinski definition) is 0. The quantitative estimate of drug-likeness (QED) is 0.330. The van der Waals surface area contributed by atoms with Gasteiger partial charge in [-0.1, -0.05) is 72.8 Å². The van der Waals surface area contributed by atoms with Crippen LogP contribution in [-0.4, -0.2) is 5.97 Å². The fourth-order valence-corrected chi connectivity index (χ4v) is 5.13. The van der Waals surface area contributed by atoms with Crippen LogP contribution in [0.2, 0.25) is 0 Å². The van der Waals surface area contributed by atoms with Crippen LogP contribution in [0.4, 0.5) is 0 Å². The zero-order valence-electron chi connectivity index (χ0n) is 14.9. The number of esters is 1. The molecule has 0 N–H and O–H groups in total. The van der Waals surface area contributed by atoms with Gasteiger partial charge in [-0.25, -0.2) is 0 Å². The first-order valence-corrected chi connectivity index (χ1v) is 10.4. The van der Waals surface area contributed by atoms with Crippen LogP contribution in [0.1, 0.15) is 23.6 Å². The predicted octanol–water partition coefficient (Wildman–Crippen LogP) is 5.13. The summed E-state index contributed by atoms with van der Waals surface area (Å²) in [5, 5.41) is 0. The van der Waals surface area contributed by atoms with E-state index in [4.69, 9.17) is 4.74 Å². The molecule has 3 aromatic rings. The largest absolute Gasteiger partial charge is 0.427 e. The van der Waals surface area contributed by atoms with Crippen molar-refractivity contribution in [2.45, 2.75) is 24.2 Å². The highest BCUT2D eigenvalue weighted by Gasteiger charge is 2.20. The molecule has 0 radical (unpaired) electrons. The highest BCUT2D eigenvalue weighted by atomic mass is 32.2. The molecule has 0 aromatic heterocycles. The Hall–Kier alpha value is -2.52. The van der Waals surface area contributed by atoms with Crippen LogP contribution in [0, 0.1) is 0 Å². The lowest BCUT2D eigenvalue weighted by molar-refractivity contribution is -0.131. The zero-order valence-corrected chi connectivity index (χ0v) is 15.7. The summed E-state index contributed by atoms with van der Waals surface area (Å²) in [5.41, 5.74) is 4.03. The second-order valence-corrected chi connectivity index (χ2v) is 8.34. The van der Waals surface area contributed by atoms with Gasteiger partial charge in [0.15, 0.2) is 0 Å². The van der Waals surface area contributed by atoms with Gasteiger partial charge < -0.3 is 4.74 Å². The highest BCUT2D eigenvalue weighted by molar-refractivity contribution is 7.94. The minimum Gasteiger partial charge on any atom is -0.427 e. The van der Waals surface area contributed by atoms with Crippen molar-refractivity contribution in [2.75, 3.05) is 0 Å². The first kappa shape index (κ1) is 18.3. The minimum absolute atomic E-state index is 0.197. The van der Waals surface area contributed by atoms with Gasteiger partial charge in [-0.05, 0) is 12.1 Å². The Labute approximate surface area is 158 Å². The molecule has 0 bridgehead atoms. The number of hydrogen-bond acceptors (Lipinski definition) is 2. The molecule has 26 heavy (non-hydrogen) atoms. The summed E-state index contributed by atoms with van der Waals surface area (Å²) in [4.78, 5) is 11.1. The monoisotopic (exact) mass is 363 g/mol. The van der Waals surface area contributed by atoms with Crippen molar-refractivity contribution in [3.8, 4) is 5.75 Å². The van der Waals surface area contributed by atoms with E-state index >= 15 is 0 Å². The standard InChI is InChI=1S/C23H23O2S/c1-19(24)25-23-14-12-22(13-15-23)18-26(16-20-8-4-2-5-9-20)17-21-10-6-3-7-11-21/h2-15H,16-18H2,1H3/q+1. The molecule has 132 valence electrons. The number of carbonyl (C=O) groups is 1. The third kappa shape index (κ3) is 5.78. The van der Waals surface area contributed by atoms with Gasteiger partial charge in [-0.15, -0.1) is 0 Å². The van der Waals surface area contributed by atoms with Crippen LogP contribution in [-0.2, 0) is 32.9 Å². The number of rotatable bonds is 7. The van der Waals surface area contributed by atoms with Crippen molar-refractivity contribution in [2.24, 2.45) is 0 Å². The minimum atomic E-state index is -0.286. The first-order valence-electron chi connectivity index (χ1n) is 8.68. The third-order valence-corrected chi connectivity index (χ3v) is 6.21. The Morgan fingerprint density at radius 2 is 1.12 bits per heavy atom. The molecule has 0 unspecified atom stereocenters. The van der Waals surface area contributed by atoms with Gasteiger partial charge in [0.1, 0.15) is 23.0 Å². The van der Waals surface area contributed by atoms with E-state index in [2.05, 4.69) is 72.8 Å². The number of carbonyl (C=O) groups excluding carboxylic acids is 1. The van der Waals surface area contributed by atoms with Crippen LogP contribution in [0.25, 0.3) is 0 Å². The van der Waals surface area contributed by atoms with E-state index in [0.717, 1.165) is 17.3 Å². The molecule has 0 fully saturated rings. The molecule has 0 aliphatic heterocycles. The van der Waals surface area contributed by atoms with E-state index in [1.165, 1.54) is 23.6 Å². The Bertz CT molecular complexity index is 772. The summed E-state index contributed by atoms with van der Waals surface area (Å²) in [7, 11) is 0.197. The van der Waals surface area contributed by atoms with Crippen LogP contribution >= 0.6 is 0 Å². The Kier molecular flexibility index (Phi) is 6.50. The predicted molar refractivity (Wildman–Crippen MR) is 109 cm³/mol. The summed E-state index contributed by atoms with van der Waals surface area (Å²) >= 11 is 0. The molecule has 3 aromatic carbocycles. The molecule has 0 saturated carbocycles. The summed E-state index contributed by atoms with van der Waals surface area (Å²) in [5.74, 6) is 3.48. The Morgan fingerprint density at radius 3 is 1.54 bits per heavy atom. The maximum absolute atomic E-state index is 11.1. The van der Waals surface area contributed by atoms with Crippen molar-refractivity contribution in [3.63, 3.8) is 0 Å². The highest BCUT2D eigenvalue weighted by Crippen LogP contribution is 2.21. The van der Waals surface area contributed by atoms with Crippen molar-refractivity contribution in [3.05, 3.63) is 102 Å². The molecule has 0 spiro atoms. The van der Waals surface area contributed by atoms with E-state index in [0.29, 0.717) is 5.75 Å². The molecule has 0 aliphatic rings. The average Bonchev–Trinajstić information content (AvgIpc) is 2.64. The van der Waals surface area contributed by atoms with E-state index in [9.17, 15) is 4.79 Å². The SMILES string of the molecule is CC(=O)Oc1ccc(C[S+](Cc2ccccc2)Cc2ccccc2)cc1. The van der Waals surface area contributed by atoms with Crippen LogP contribution in [0.15, 0.2) is 84.9 Å². The molecule has 0 saturated heterocycles. The smallest absolute Gasteiger partial charge is 0.308 e. The van der Waals surface area contributed by atoms with Crippen molar-refractivity contribution >= 4 is 16.9 Å². The van der Waals surface area contributed by atoms with Gasteiger partial charge in [-0.3, -0.25) is 4.79 Å². The molecule has 0 atom stereocenters. The van der Waals surface area contributed by atoms with Gasteiger partial charge in [0.2, 0.25) is 0 Å². The van der Waals surface area contributed by atoms with Gasteiger partial charge in [0.25, 0.3) is 0 Å².